The Labute approximate surface area is 614 Å². The number of alkyl halides is 6. The fourth-order valence-corrected chi connectivity index (χ4v) is 10.4. The van der Waals surface area contributed by atoms with Crippen LogP contribution >= 0.6 is 23.5 Å². The smallest absolute Gasteiger partial charge is 0.336 e. The molecule has 10 rings (SSSR count). The molecule has 0 N–H and O–H groups in total. The van der Waals surface area contributed by atoms with Crippen LogP contribution in [0.4, 0.5) is 35.1 Å². The van der Waals surface area contributed by atoms with Crippen molar-refractivity contribution < 1.29 is 94.1 Å². The zero-order valence-corrected chi connectivity index (χ0v) is 53.1. The first-order chi connectivity index (χ1) is 59.8. The summed E-state index contributed by atoms with van der Waals surface area (Å²) in [6.45, 7) is -20.6. The van der Waals surface area contributed by atoms with E-state index in [-0.39, 0.29) is 74.4 Å². The molecule has 0 aliphatic heterocycles. The molecule has 2 unspecified atom stereocenters. The van der Waals surface area contributed by atoms with E-state index >= 15 is 9.59 Å². The fourth-order valence-electron chi connectivity index (χ4n) is 9.00. The van der Waals surface area contributed by atoms with Crippen LogP contribution < -0.4 is 11.1 Å². The number of carbonyl (C=O) groups excluding carboxylic acids is 2. The van der Waals surface area contributed by atoms with Gasteiger partial charge in [0.1, 0.15) is 24.6 Å². The third kappa shape index (κ3) is 18.8. The lowest BCUT2D eigenvalue weighted by Gasteiger charge is -2.33. The Morgan fingerprint density at radius 1 is 0.615 bits per heavy atom. The van der Waals surface area contributed by atoms with Crippen LogP contribution in [0.5, 0.6) is 0 Å². The summed E-state index contributed by atoms with van der Waals surface area (Å²) in [6.07, 6.45) is -16.8. The summed E-state index contributed by atoms with van der Waals surface area (Å²) in [6, 6.07) is -7.08. The molecular formula is C74H80F8N8O4S2. The Balaban J connectivity index is 0.000000308. The maximum atomic E-state index is 15.4. The lowest BCUT2D eigenvalue weighted by Crippen LogP contribution is -2.42. The molecule has 8 aromatic rings. The average molecular weight is 1400 g/mol. The molecule has 6 aromatic carbocycles. The molecule has 0 bridgehead atoms. The zero-order valence-electron chi connectivity index (χ0n) is 87.4. The Kier molecular flexibility index (Phi) is 13.1. The number of rotatable bonds is 26. The number of likely N-dealkylation sites (N-methyl/N-ethyl adjacent to an activating group) is 2. The topological polar surface area (TPSA) is 117 Å². The van der Waals surface area contributed by atoms with Crippen molar-refractivity contribution in [3.05, 3.63) is 234 Å². The van der Waals surface area contributed by atoms with E-state index in [0.717, 1.165) is 62.1 Å². The molecular weight excluding hydrogens is 1280 g/mol. The van der Waals surface area contributed by atoms with Gasteiger partial charge in [-0.2, -0.15) is 36.3 Å². The maximum Gasteiger partial charge on any atom is 0.416 e. The minimum Gasteiger partial charge on any atom is -0.336 e. The van der Waals surface area contributed by atoms with Crippen molar-refractivity contribution in [3.8, 4) is 22.3 Å². The third-order valence-corrected chi connectivity index (χ3v) is 15.5. The molecule has 0 radical (unpaired) electrons. The van der Waals surface area contributed by atoms with Crippen LogP contribution in [-0.4, -0.2) is 103 Å². The highest BCUT2D eigenvalue weighted by molar-refractivity contribution is 7.98. The standard InChI is InChI=1S/2C37H40F4N4O2S/c1-4-43(5-2)18-19-44(22-26-6-10-28(11-7-26)29-12-14-30(15-13-29)37(39,40)41)34(46)23-45-33-21-25(3)20-32(33)35(47)42-36(45)48-24-27-8-16-31(38)17-9-27;1-4-43(5-2)21-22-44(25(3)27-11-13-28(14-12-27)29-15-17-30(18-16-29)37(39,40)41)34(46)23-45-33-8-6-7-32(33)35(47)42-36(45)48-24-26-9-19-31(38)20-10-26/h6-17,25H,4-5,18-24H2,1-3H3;9-20,25H,4-8,21-24H2,1-3H3/i4D2,5D2,6D,7D,8D,9D,10D,11D,12D,13D,14D,15D,16D,17D,20D2,21D2,22D2,23D2,24D2,25D;21D2,22D2,23D2,24D2,25D. The van der Waals surface area contributed by atoms with Gasteiger partial charge in [0, 0.05) is 87.1 Å². The van der Waals surface area contributed by atoms with Crippen molar-refractivity contribution >= 4 is 35.3 Å². The second-order valence-corrected chi connectivity index (χ2v) is 21.8. The Bertz CT molecular complexity index is 5900. The van der Waals surface area contributed by atoms with Crippen molar-refractivity contribution in [3.63, 3.8) is 0 Å². The second-order valence-electron chi connectivity index (χ2n) is 20.2. The Morgan fingerprint density at radius 3 is 1.72 bits per heavy atom. The van der Waals surface area contributed by atoms with E-state index in [1.54, 1.807) is 13.8 Å². The highest BCUT2D eigenvalue weighted by Gasteiger charge is 2.33. The number of benzene rings is 6. The molecule has 508 valence electrons. The summed E-state index contributed by atoms with van der Waals surface area (Å²) >= 11 is -0.313. The van der Waals surface area contributed by atoms with Gasteiger partial charge >= 0.3 is 12.4 Å². The quantitative estimate of drug-likeness (QED) is 0.0295. The summed E-state index contributed by atoms with van der Waals surface area (Å²) < 4.78 is 426. The van der Waals surface area contributed by atoms with Gasteiger partial charge in [-0.05, 0) is 164 Å². The summed E-state index contributed by atoms with van der Waals surface area (Å²) in [5, 5.41) is -2.16. The third-order valence-electron chi connectivity index (χ3n) is 14.0. The van der Waals surface area contributed by atoms with Crippen LogP contribution in [0.15, 0.2) is 165 Å². The molecule has 96 heavy (non-hydrogen) atoms. The van der Waals surface area contributed by atoms with Crippen molar-refractivity contribution in [1.29, 1.82) is 0 Å². The molecule has 0 saturated heterocycles. The van der Waals surface area contributed by atoms with Crippen molar-refractivity contribution in [1.82, 2.24) is 38.7 Å². The SMILES string of the molecule is [2H]C([2H])(Sc1nc(=O)c2c(n1C([2H])([2H])C(=O)N(C([2H])(C)c1ccc(-c3ccc(C(F)(F)F)cc3)cc1)C([2H])([2H])C([2H])([2H])N(CC)CC)CCC2)c1ccc(F)cc1.[2H]c1c([2H])c(C([2H])([2H])Sc2nc(=O)c3c(n2C([2H])([2H])C(=O)N(CCN(C([2H])([2H])C)C([2H])([2H])C)C([2H])([2H])c2c([2H])c([2H])c(-c4c([2H])c([2H])c(C(F)(F)F)c([2H])c4[2H])c([2H])c2[2H])C([2H])([2H])C([2H])(C)C3([2H])[2H])c([2H])c([2H])c1F. The van der Waals surface area contributed by atoms with Crippen LogP contribution in [-0.2, 0) is 78.4 Å². The summed E-state index contributed by atoms with van der Waals surface area (Å²) in [5.74, 6) is -9.84. The first-order valence-corrected chi connectivity index (χ1v) is 30.4. The number of hydrogen-bond acceptors (Lipinski definition) is 10. The first kappa shape index (κ1) is 38.3. The predicted octanol–water partition coefficient (Wildman–Crippen LogP) is 15.2. The number of thioether (sulfide) groups is 2. The van der Waals surface area contributed by atoms with E-state index in [4.69, 9.17) is 37.0 Å². The van der Waals surface area contributed by atoms with Gasteiger partial charge in [-0.3, -0.25) is 19.2 Å². The highest BCUT2D eigenvalue weighted by Crippen LogP contribution is 2.35. The Hall–Kier alpha value is -7.92. The fraction of sp³-hybridized carbons (Fsp3) is 0.378. The summed E-state index contributed by atoms with van der Waals surface area (Å²) in [7, 11) is 0. The minimum absolute atomic E-state index is 0.00870. The molecule has 0 fully saturated rings. The molecule has 2 amide bonds. The monoisotopic (exact) mass is 1400 g/mol. The molecule has 12 nitrogen and oxygen atoms in total. The number of nitrogens with zero attached hydrogens (tertiary/aromatic N) is 8. The van der Waals surface area contributed by atoms with Gasteiger partial charge in [0.25, 0.3) is 11.1 Å². The van der Waals surface area contributed by atoms with E-state index in [1.165, 1.54) is 36.4 Å². The van der Waals surface area contributed by atoms with E-state index in [0.29, 0.717) is 33.9 Å². The zero-order chi connectivity index (χ0) is 101. The van der Waals surface area contributed by atoms with Gasteiger partial charge in [-0.15, -0.1) is 0 Å². The average Bonchev–Trinajstić information content (AvgIpc) is 1.51. The Morgan fingerprint density at radius 2 is 1.15 bits per heavy atom. The van der Waals surface area contributed by atoms with Gasteiger partial charge in [-0.1, -0.05) is 155 Å². The maximum absolute atomic E-state index is 15.4. The van der Waals surface area contributed by atoms with E-state index in [1.807, 2.05) is 0 Å². The first-order valence-electron chi connectivity index (χ1n) is 46.8. The van der Waals surface area contributed by atoms with Crippen molar-refractivity contribution in [2.24, 2.45) is 5.89 Å². The van der Waals surface area contributed by atoms with Crippen LogP contribution in [0, 0.1) is 17.5 Å². The van der Waals surface area contributed by atoms with E-state index in [9.17, 15) is 57.0 Å². The van der Waals surface area contributed by atoms with Crippen LogP contribution in [0.2, 0.25) is 0 Å². The molecule has 2 aromatic heterocycles. The number of fused-ring (bicyclic) bond motifs is 2. The molecule has 2 heterocycles. The summed E-state index contributed by atoms with van der Waals surface area (Å²) in [5.41, 5.74) is -19.6. The van der Waals surface area contributed by atoms with Gasteiger partial charge in [0.2, 0.25) is 11.8 Å². The normalized spacial score (nSPS) is 22.9. The van der Waals surface area contributed by atoms with Crippen molar-refractivity contribution in [2.75, 3.05) is 52.2 Å². The largest absolute Gasteiger partial charge is 0.416 e. The van der Waals surface area contributed by atoms with E-state index < -0.39 is 281 Å². The van der Waals surface area contributed by atoms with Gasteiger partial charge in [0.15, 0.2) is 10.3 Å². The molecule has 0 spiro atoms. The van der Waals surface area contributed by atoms with E-state index in [2.05, 4.69) is 9.97 Å². The number of hydrogen-bond donors (Lipinski definition) is 0. The van der Waals surface area contributed by atoms with Gasteiger partial charge < -0.3 is 28.7 Å². The second kappa shape index (κ2) is 32.9. The predicted molar refractivity (Wildman–Crippen MR) is 362 cm³/mol. The van der Waals surface area contributed by atoms with Crippen molar-refractivity contribution in [2.45, 2.75) is 133 Å². The minimum atomic E-state index is -5.50. The number of amides is 2. The van der Waals surface area contributed by atoms with Gasteiger partial charge in [0.05, 0.1) is 45.9 Å². The molecule has 22 heteroatoms. The van der Waals surface area contributed by atoms with Crippen LogP contribution in [0.25, 0.3) is 22.3 Å². The van der Waals surface area contributed by atoms with Crippen LogP contribution in [0.3, 0.4) is 0 Å². The molecule has 2 aliphatic rings. The van der Waals surface area contributed by atoms with Gasteiger partial charge in [-0.25, -0.2) is 8.78 Å². The molecule has 0 saturated carbocycles. The highest BCUT2D eigenvalue weighted by atomic mass is 32.2. The number of halogens is 8. The lowest BCUT2D eigenvalue weighted by atomic mass is 9.99. The summed E-state index contributed by atoms with van der Waals surface area (Å²) in [4.78, 5) is 66.2. The van der Waals surface area contributed by atoms with Crippen LogP contribution in [0.1, 0.15) is 159 Å². The molecule has 2 atom stereocenters. The molecule has 2 aliphatic carbocycles. The number of carbonyl (C=O) groups is 2. The lowest BCUT2D eigenvalue weighted by molar-refractivity contribution is -0.138. The number of aromatic nitrogens is 4.